The van der Waals surface area contributed by atoms with E-state index in [4.69, 9.17) is 0 Å². The molecule has 0 amide bonds. The number of rotatable bonds is 1. The number of hydrogen-bond donors (Lipinski definition) is 0. The van der Waals surface area contributed by atoms with Crippen LogP contribution in [0.5, 0.6) is 0 Å². The monoisotopic (exact) mass is 261 g/mol. The van der Waals surface area contributed by atoms with Crippen LogP contribution in [0.25, 0.3) is 0 Å². The third-order valence-corrected chi connectivity index (χ3v) is 5.05. The smallest absolute Gasteiger partial charge is 0.0127 e. The minimum Gasteiger partial charge on any atom is -0.0620 e. The van der Waals surface area contributed by atoms with Gasteiger partial charge in [0.15, 0.2) is 0 Å². The lowest BCUT2D eigenvalue weighted by atomic mass is 9.68. The van der Waals surface area contributed by atoms with E-state index in [1.165, 1.54) is 38.5 Å². The third-order valence-electron chi connectivity index (χ3n) is 5.05. The average molecular weight is 261 g/mol. The van der Waals surface area contributed by atoms with Gasteiger partial charge < -0.3 is 0 Å². The van der Waals surface area contributed by atoms with Gasteiger partial charge in [0.05, 0.1) is 0 Å². The molecule has 0 saturated heterocycles. The molecule has 4 rings (SSSR count). The molecule has 0 spiro atoms. The van der Waals surface area contributed by atoms with Gasteiger partial charge in [0.1, 0.15) is 0 Å². The van der Waals surface area contributed by atoms with E-state index in [2.05, 4.69) is 48.5 Å². The molecular formula is C20H21. The van der Waals surface area contributed by atoms with Gasteiger partial charge in [-0.05, 0) is 66.7 Å². The lowest BCUT2D eigenvalue weighted by Gasteiger charge is -2.35. The van der Waals surface area contributed by atoms with E-state index in [9.17, 15) is 0 Å². The van der Waals surface area contributed by atoms with Crippen molar-refractivity contribution < 1.29 is 0 Å². The Kier molecular flexibility index (Phi) is 3.10. The van der Waals surface area contributed by atoms with Crippen molar-refractivity contribution in [3.8, 4) is 0 Å². The standard InChI is InChI=1S/C20H21/c1-3-11-17-15(7-1)9-5-13-19(17)20-14-6-10-16-8-2-4-12-18(16)20/h1-4,7-8,11-12,19H,5-6,9-10,13-14H2. The van der Waals surface area contributed by atoms with Crippen LogP contribution in [0.2, 0.25) is 0 Å². The van der Waals surface area contributed by atoms with Gasteiger partial charge in [0.2, 0.25) is 0 Å². The van der Waals surface area contributed by atoms with Crippen LogP contribution in [0.3, 0.4) is 0 Å². The fourth-order valence-corrected chi connectivity index (χ4v) is 4.13. The molecule has 0 N–H and O–H groups in total. The molecule has 2 aliphatic carbocycles. The van der Waals surface area contributed by atoms with Crippen molar-refractivity contribution in [3.63, 3.8) is 0 Å². The van der Waals surface area contributed by atoms with Gasteiger partial charge in [0.25, 0.3) is 0 Å². The molecule has 0 aliphatic heterocycles. The summed E-state index contributed by atoms with van der Waals surface area (Å²) >= 11 is 0. The first kappa shape index (κ1) is 12.2. The predicted molar refractivity (Wildman–Crippen MR) is 83.8 cm³/mol. The molecular weight excluding hydrogens is 240 g/mol. The van der Waals surface area contributed by atoms with Gasteiger partial charge in [-0.2, -0.15) is 0 Å². The van der Waals surface area contributed by atoms with E-state index in [-0.39, 0.29) is 0 Å². The predicted octanol–water partition coefficient (Wildman–Crippen LogP) is 5.07. The normalized spacial score (nSPS) is 22.1. The van der Waals surface area contributed by atoms with Crippen molar-refractivity contribution in [3.05, 3.63) is 76.7 Å². The molecule has 0 heterocycles. The summed E-state index contributed by atoms with van der Waals surface area (Å²) in [5, 5.41) is 0. The zero-order chi connectivity index (χ0) is 13.4. The van der Waals surface area contributed by atoms with E-state index >= 15 is 0 Å². The van der Waals surface area contributed by atoms with Crippen LogP contribution in [-0.4, -0.2) is 0 Å². The van der Waals surface area contributed by atoms with Crippen LogP contribution < -0.4 is 0 Å². The number of fused-ring (bicyclic) bond motifs is 2. The van der Waals surface area contributed by atoms with Gasteiger partial charge in [-0.1, -0.05) is 48.5 Å². The highest BCUT2D eigenvalue weighted by Gasteiger charge is 2.31. The topological polar surface area (TPSA) is 0 Å². The Morgan fingerprint density at radius 3 is 2.40 bits per heavy atom. The van der Waals surface area contributed by atoms with Gasteiger partial charge >= 0.3 is 0 Å². The summed E-state index contributed by atoms with van der Waals surface area (Å²) in [6.45, 7) is 0. The lowest BCUT2D eigenvalue weighted by Crippen LogP contribution is -2.21. The zero-order valence-corrected chi connectivity index (χ0v) is 11.9. The Morgan fingerprint density at radius 1 is 0.700 bits per heavy atom. The van der Waals surface area contributed by atoms with Crippen molar-refractivity contribution in [2.24, 2.45) is 0 Å². The van der Waals surface area contributed by atoms with Crippen molar-refractivity contribution in [1.29, 1.82) is 0 Å². The Hall–Kier alpha value is -1.56. The molecule has 2 aromatic rings. The quantitative estimate of drug-likeness (QED) is 0.672. The molecule has 0 heteroatoms. The van der Waals surface area contributed by atoms with Crippen LogP contribution in [0.1, 0.15) is 53.9 Å². The Morgan fingerprint density at radius 2 is 1.45 bits per heavy atom. The van der Waals surface area contributed by atoms with Crippen molar-refractivity contribution in [2.45, 2.75) is 44.4 Å². The summed E-state index contributed by atoms with van der Waals surface area (Å²) in [6, 6.07) is 18.2. The van der Waals surface area contributed by atoms with E-state index in [1.54, 1.807) is 28.2 Å². The number of hydrogen-bond acceptors (Lipinski definition) is 0. The molecule has 0 aromatic heterocycles. The van der Waals surface area contributed by atoms with Gasteiger partial charge in [0, 0.05) is 5.92 Å². The van der Waals surface area contributed by atoms with Gasteiger partial charge in [-0.15, -0.1) is 0 Å². The molecule has 101 valence electrons. The SMILES string of the molecule is c1ccc2c(c1)CCC[C]2C1CCCc2ccccc21. The van der Waals surface area contributed by atoms with Crippen molar-refractivity contribution in [1.82, 2.24) is 0 Å². The second kappa shape index (κ2) is 5.09. The first-order chi connectivity index (χ1) is 9.93. The molecule has 1 atom stereocenters. The first-order valence-electron chi connectivity index (χ1n) is 7.95. The molecule has 1 radical (unpaired) electrons. The zero-order valence-electron chi connectivity index (χ0n) is 11.9. The molecule has 2 aromatic carbocycles. The van der Waals surface area contributed by atoms with E-state index in [0.717, 1.165) is 0 Å². The Labute approximate surface area is 121 Å². The van der Waals surface area contributed by atoms with Crippen LogP contribution >= 0.6 is 0 Å². The van der Waals surface area contributed by atoms with Gasteiger partial charge in [-0.3, -0.25) is 0 Å². The number of aryl methyl sites for hydroxylation is 2. The summed E-state index contributed by atoms with van der Waals surface area (Å²) in [5.74, 6) is 2.38. The highest BCUT2D eigenvalue weighted by Crippen LogP contribution is 2.46. The Bertz CT molecular complexity index is 555. The molecule has 0 saturated carbocycles. The summed E-state index contributed by atoms with van der Waals surface area (Å²) in [7, 11) is 0. The van der Waals surface area contributed by atoms with E-state index < -0.39 is 0 Å². The van der Waals surface area contributed by atoms with Crippen LogP contribution in [0.15, 0.2) is 48.5 Å². The molecule has 0 bridgehead atoms. The molecule has 1 unspecified atom stereocenters. The summed E-state index contributed by atoms with van der Waals surface area (Å²) in [5.41, 5.74) is 6.31. The maximum absolute atomic E-state index is 2.36. The molecule has 2 aliphatic rings. The van der Waals surface area contributed by atoms with Crippen LogP contribution in [-0.2, 0) is 12.8 Å². The third kappa shape index (κ3) is 1.98. The fraction of sp³-hybridized carbons (Fsp3) is 0.350. The van der Waals surface area contributed by atoms with E-state index in [1.807, 2.05) is 0 Å². The molecule has 0 fully saturated rings. The maximum Gasteiger partial charge on any atom is 0.0127 e. The fourth-order valence-electron chi connectivity index (χ4n) is 4.13. The second-order valence-corrected chi connectivity index (χ2v) is 6.18. The van der Waals surface area contributed by atoms with Crippen molar-refractivity contribution in [2.75, 3.05) is 0 Å². The minimum atomic E-state index is 0.668. The van der Waals surface area contributed by atoms with E-state index in [0.29, 0.717) is 5.92 Å². The lowest BCUT2D eigenvalue weighted by molar-refractivity contribution is 0.528. The minimum absolute atomic E-state index is 0.668. The maximum atomic E-state index is 2.36. The molecule has 0 nitrogen and oxygen atoms in total. The highest BCUT2D eigenvalue weighted by atomic mass is 14.4. The van der Waals surface area contributed by atoms with Crippen LogP contribution in [0, 0.1) is 5.92 Å². The second-order valence-electron chi connectivity index (χ2n) is 6.18. The van der Waals surface area contributed by atoms with Gasteiger partial charge in [-0.25, -0.2) is 0 Å². The largest absolute Gasteiger partial charge is 0.0620 e. The first-order valence-corrected chi connectivity index (χ1v) is 7.95. The summed E-state index contributed by atoms with van der Waals surface area (Å²) in [4.78, 5) is 0. The summed E-state index contributed by atoms with van der Waals surface area (Å²) < 4.78 is 0. The highest BCUT2D eigenvalue weighted by molar-refractivity contribution is 5.48. The number of benzene rings is 2. The summed E-state index contributed by atoms with van der Waals surface area (Å²) in [6.07, 6.45) is 7.81. The van der Waals surface area contributed by atoms with Crippen LogP contribution in [0.4, 0.5) is 0 Å². The Balaban J connectivity index is 1.77. The average Bonchev–Trinajstić information content (AvgIpc) is 2.54. The molecule has 20 heavy (non-hydrogen) atoms. The van der Waals surface area contributed by atoms with Crippen molar-refractivity contribution >= 4 is 0 Å².